The molecular formula is C27H29NO6S. The highest BCUT2D eigenvalue weighted by molar-refractivity contribution is 7.80. The molecule has 0 spiro atoms. The predicted octanol–water partition coefficient (Wildman–Crippen LogP) is 3.83. The Morgan fingerprint density at radius 1 is 1.00 bits per heavy atom. The summed E-state index contributed by atoms with van der Waals surface area (Å²) in [6.07, 6.45) is 1.66. The van der Waals surface area contributed by atoms with Gasteiger partial charge in [-0.1, -0.05) is 24.3 Å². The minimum atomic E-state index is -1.65. The molecule has 0 aliphatic carbocycles. The Labute approximate surface area is 207 Å². The van der Waals surface area contributed by atoms with Gasteiger partial charge in [0.1, 0.15) is 6.61 Å². The van der Waals surface area contributed by atoms with Gasteiger partial charge in [0.2, 0.25) is 11.1 Å². The monoisotopic (exact) mass is 495 g/mol. The zero-order valence-electron chi connectivity index (χ0n) is 19.9. The second-order valence-electron chi connectivity index (χ2n) is 8.58. The number of benzene rings is 3. The van der Waals surface area contributed by atoms with E-state index >= 15 is 0 Å². The van der Waals surface area contributed by atoms with E-state index in [2.05, 4.69) is 17.0 Å². The number of fused-ring (bicyclic) bond motifs is 4. The first kappa shape index (κ1) is 23.7. The number of ether oxygens (including phenoxy) is 3. The van der Waals surface area contributed by atoms with Gasteiger partial charge in [0, 0.05) is 24.7 Å². The van der Waals surface area contributed by atoms with Gasteiger partial charge >= 0.3 is 0 Å². The Kier molecular flexibility index (Phi) is 6.95. The molecule has 0 bridgehead atoms. The summed E-state index contributed by atoms with van der Waals surface area (Å²) in [5, 5.41) is 9.15. The van der Waals surface area contributed by atoms with Gasteiger partial charge in [0.05, 0.1) is 25.7 Å². The molecule has 2 unspecified atom stereocenters. The summed E-state index contributed by atoms with van der Waals surface area (Å²) >= 11 is -1.65. The maximum atomic E-state index is 13.0. The van der Waals surface area contributed by atoms with E-state index in [0.29, 0.717) is 34.4 Å². The zero-order valence-corrected chi connectivity index (χ0v) is 20.7. The molecule has 0 saturated carbocycles. The summed E-state index contributed by atoms with van der Waals surface area (Å²) in [6, 6.07) is 17.4. The number of aliphatic hydroxyl groups is 1. The lowest BCUT2D eigenvalue weighted by Crippen LogP contribution is -2.39. The average molecular weight is 496 g/mol. The van der Waals surface area contributed by atoms with Crippen molar-refractivity contribution in [3.05, 3.63) is 76.9 Å². The molecule has 35 heavy (non-hydrogen) atoms. The number of hydrogen-bond acceptors (Lipinski definition) is 7. The van der Waals surface area contributed by atoms with Crippen LogP contribution in [0, 0.1) is 0 Å². The summed E-state index contributed by atoms with van der Waals surface area (Å²) < 4.78 is 35.9. The van der Waals surface area contributed by atoms with E-state index in [4.69, 9.17) is 23.5 Å². The van der Waals surface area contributed by atoms with Crippen LogP contribution in [0.5, 0.6) is 23.0 Å². The van der Waals surface area contributed by atoms with Gasteiger partial charge < -0.3 is 23.5 Å². The van der Waals surface area contributed by atoms with Gasteiger partial charge in [-0.05, 0) is 59.9 Å². The Balaban J connectivity index is 1.48. The van der Waals surface area contributed by atoms with Crippen LogP contribution in [0.25, 0.3) is 0 Å². The van der Waals surface area contributed by atoms with E-state index in [-0.39, 0.29) is 19.3 Å². The normalized spacial score (nSPS) is 17.5. The third-order valence-corrected chi connectivity index (χ3v) is 7.63. The van der Waals surface area contributed by atoms with Crippen molar-refractivity contribution in [1.29, 1.82) is 0 Å². The average Bonchev–Trinajstić information content (AvgIpc) is 2.90. The third kappa shape index (κ3) is 4.61. The summed E-state index contributed by atoms with van der Waals surface area (Å²) in [5.41, 5.74) is 4.63. The molecule has 2 atom stereocenters. The molecular weight excluding hydrogens is 466 g/mol. The van der Waals surface area contributed by atoms with E-state index in [1.54, 1.807) is 26.4 Å². The maximum absolute atomic E-state index is 13.0. The van der Waals surface area contributed by atoms with Crippen molar-refractivity contribution in [1.82, 2.24) is 4.90 Å². The summed E-state index contributed by atoms with van der Waals surface area (Å²) in [6.45, 7) is 1.73. The molecule has 0 fully saturated rings. The number of methoxy groups -OCH3 is 2. The van der Waals surface area contributed by atoms with E-state index in [1.165, 1.54) is 11.1 Å². The van der Waals surface area contributed by atoms with Gasteiger partial charge in [-0.2, -0.15) is 0 Å². The van der Waals surface area contributed by atoms with Gasteiger partial charge in [-0.15, -0.1) is 0 Å². The molecule has 7 nitrogen and oxygen atoms in total. The molecule has 2 aliphatic rings. The lowest BCUT2D eigenvalue weighted by atomic mass is 9.83. The van der Waals surface area contributed by atoms with Crippen LogP contribution < -0.4 is 18.4 Å². The van der Waals surface area contributed by atoms with Crippen LogP contribution in [0.1, 0.15) is 28.3 Å². The highest BCUT2D eigenvalue weighted by atomic mass is 32.2. The van der Waals surface area contributed by atoms with Crippen molar-refractivity contribution in [2.24, 2.45) is 0 Å². The highest BCUT2D eigenvalue weighted by Gasteiger charge is 2.35. The highest BCUT2D eigenvalue weighted by Crippen LogP contribution is 2.46. The second kappa shape index (κ2) is 10.3. The molecule has 2 heterocycles. The summed E-state index contributed by atoms with van der Waals surface area (Å²) in [4.78, 5) is 3.04. The molecule has 0 radical (unpaired) electrons. The van der Waals surface area contributed by atoms with Crippen LogP contribution in [0.2, 0.25) is 0 Å². The van der Waals surface area contributed by atoms with Crippen LogP contribution >= 0.6 is 0 Å². The standard InChI is InChI=1S/C27H29NO6S/c1-31-24-9-8-18-14-23-21-16-25(32-2)26(33-13-12-29)15-19(21)10-11-28(23)17-22(18)27(24)34-35(30)20-6-4-3-5-7-20/h3-9,15-16,23,29H,10-14,17H2,1-2H3. The molecule has 2 aliphatic heterocycles. The van der Waals surface area contributed by atoms with Crippen LogP contribution in [0.3, 0.4) is 0 Å². The van der Waals surface area contributed by atoms with Gasteiger partial charge in [-0.25, -0.2) is 4.21 Å². The Morgan fingerprint density at radius 2 is 1.80 bits per heavy atom. The first-order chi connectivity index (χ1) is 17.1. The van der Waals surface area contributed by atoms with Crippen molar-refractivity contribution in [2.75, 3.05) is 34.0 Å². The van der Waals surface area contributed by atoms with Crippen LogP contribution in [0.15, 0.2) is 59.5 Å². The largest absolute Gasteiger partial charge is 0.493 e. The molecule has 1 N–H and O–H groups in total. The van der Waals surface area contributed by atoms with Crippen molar-refractivity contribution >= 4 is 11.1 Å². The number of nitrogens with zero attached hydrogens (tertiary/aromatic N) is 1. The number of rotatable bonds is 8. The van der Waals surface area contributed by atoms with Crippen LogP contribution in [-0.4, -0.2) is 48.2 Å². The van der Waals surface area contributed by atoms with E-state index in [1.807, 2.05) is 30.3 Å². The number of hydrogen-bond donors (Lipinski definition) is 1. The molecule has 8 heteroatoms. The van der Waals surface area contributed by atoms with E-state index < -0.39 is 11.1 Å². The summed E-state index contributed by atoms with van der Waals surface area (Å²) in [7, 11) is 3.23. The zero-order chi connectivity index (χ0) is 24.4. The lowest BCUT2D eigenvalue weighted by Gasteiger charge is -2.42. The van der Waals surface area contributed by atoms with Gasteiger partial charge in [0.15, 0.2) is 23.0 Å². The fourth-order valence-corrected chi connectivity index (χ4v) is 5.76. The van der Waals surface area contributed by atoms with Crippen molar-refractivity contribution in [2.45, 2.75) is 30.3 Å². The molecule has 184 valence electrons. The minimum Gasteiger partial charge on any atom is -0.493 e. The molecule has 0 saturated heterocycles. The fraction of sp³-hybridized carbons (Fsp3) is 0.333. The first-order valence-corrected chi connectivity index (χ1v) is 12.7. The Morgan fingerprint density at radius 3 is 2.54 bits per heavy atom. The Bertz CT molecular complexity index is 1230. The maximum Gasteiger partial charge on any atom is 0.240 e. The van der Waals surface area contributed by atoms with Gasteiger partial charge in [0.25, 0.3) is 0 Å². The topological polar surface area (TPSA) is 77.5 Å². The van der Waals surface area contributed by atoms with Crippen LogP contribution in [0.4, 0.5) is 0 Å². The predicted molar refractivity (Wildman–Crippen MR) is 133 cm³/mol. The van der Waals surface area contributed by atoms with Gasteiger partial charge in [-0.3, -0.25) is 4.90 Å². The van der Waals surface area contributed by atoms with Crippen molar-refractivity contribution < 1.29 is 27.7 Å². The van der Waals surface area contributed by atoms with Crippen molar-refractivity contribution in [3.63, 3.8) is 0 Å². The quantitative estimate of drug-likeness (QED) is 0.509. The second-order valence-corrected chi connectivity index (χ2v) is 9.69. The molecule has 3 aromatic rings. The fourth-order valence-electron chi connectivity index (χ4n) is 4.95. The van der Waals surface area contributed by atoms with E-state index in [0.717, 1.165) is 30.5 Å². The molecule has 5 rings (SSSR count). The van der Waals surface area contributed by atoms with E-state index in [9.17, 15) is 4.21 Å². The molecule has 0 amide bonds. The molecule has 0 aromatic heterocycles. The number of aliphatic hydroxyl groups excluding tert-OH is 1. The minimum absolute atomic E-state index is 0.0453. The lowest BCUT2D eigenvalue weighted by molar-refractivity contribution is 0.158. The Hall–Kier alpha value is -3.07. The SMILES string of the molecule is COc1cc2c(cc1OCCO)CCN1Cc3c(ccc(OC)c3OS(=O)c3ccccc3)CC21. The van der Waals surface area contributed by atoms with Crippen molar-refractivity contribution in [3.8, 4) is 23.0 Å². The first-order valence-electron chi connectivity index (χ1n) is 11.6. The van der Waals surface area contributed by atoms with Crippen LogP contribution in [-0.2, 0) is 30.5 Å². The third-order valence-electron chi connectivity index (χ3n) is 6.65. The summed E-state index contributed by atoms with van der Waals surface area (Å²) in [5.74, 6) is 2.45. The molecule has 3 aromatic carbocycles. The smallest absolute Gasteiger partial charge is 0.240 e.